The number of nitrogens with zero attached hydrogens (tertiary/aromatic N) is 2. The highest BCUT2D eigenvalue weighted by Crippen LogP contribution is 2.34. The van der Waals surface area contributed by atoms with Crippen LogP contribution in [0.2, 0.25) is 0 Å². The number of H-pyrrole nitrogens is 1. The largest absolute Gasteiger partial charge is 0.461 e. The molecule has 3 heterocycles. The summed E-state index contributed by atoms with van der Waals surface area (Å²) in [5, 5.41) is 4.05. The molecule has 2 amide bonds. The Morgan fingerprint density at radius 1 is 0.841 bits per heavy atom. The molecule has 2 saturated heterocycles. The number of carbonyl (C=O) groups excluding carboxylic acids is 3. The maximum Gasteiger partial charge on any atom is 0.308 e. The number of nitrogens with one attached hydrogen (secondary N) is 2. The van der Waals surface area contributed by atoms with Crippen molar-refractivity contribution in [3.8, 4) is 0 Å². The van der Waals surface area contributed by atoms with Gasteiger partial charge in [0.1, 0.15) is 18.2 Å². The third kappa shape index (κ3) is 6.55. The Balaban J connectivity index is 1.14. The van der Waals surface area contributed by atoms with Crippen LogP contribution in [0.15, 0.2) is 91.1 Å². The lowest BCUT2D eigenvalue weighted by atomic mass is 9.81. The Hall–Kier alpha value is -4.43. The fourth-order valence-corrected chi connectivity index (χ4v) is 6.67. The van der Waals surface area contributed by atoms with Crippen molar-refractivity contribution < 1.29 is 19.1 Å². The fourth-order valence-electron chi connectivity index (χ4n) is 6.67. The second-order valence-corrected chi connectivity index (χ2v) is 11.9. The molecule has 3 aromatic carbocycles. The SMILES string of the molecule is O=C(CC1NC(=O)C2(CCN(CCCc3ccccc3)CC2)N(CCc2c[nH]c3ccccc23)C1=O)OCc1ccccc1. The quantitative estimate of drug-likeness (QED) is 0.248. The number of aromatic nitrogens is 1. The molecule has 0 bridgehead atoms. The Morgan fingerprint density at radius 2 is 1.52 bits per heavy atom. The molecule has 1 aromatic heterocycles. The van der Waals surface area contributed by atoms with Crippen LogP contribution >= 0.6 is 0 Å². The van der Waals surface area contributed by atoms with E-state index in [2.05, 4.69) is 45.5 Å². The molecule has 0 aliphatic carbocycles. The Morgan fingerprint density at radius 3 is 2.27 bits per heavy atom. The number of esters is 1. The molecule has 44 heavy (non-hydrogen) atoms. The van der Waals surface area contributed by atoms with E-state index in [1.165, 1.54) is 5.56 Å². The molecule has 6 rings (SSSR count). The van der Waals surface area contributed by atoms with Gasteiger partial charge in [-0.25, -0.2) is 0 Å². The zero-order valence-corrected chi connectivity index (χ0v) is 25.0. The summed E-state index contributed by atoms with van der Waals surface area (Å²) in [5.41, 5.74) is 3.42. The molecule has 1 atom stereocenters. The molecule has 4 aromatic rings. The molecule has 228 valence electrons. The van der Waals surface area contributed by atoms with Crippen molar-refractivity contribution in [2.75, 3.05) is 26.2 Å². The minimum Gasteiger partial charge on any atom is -0.461 e. The van der Waals surface area contributed by atoms with Crippen molar-refractivity contribution >= 4 is 28.7 Å². The van der Waals surface area contributed by atoms with E-state index in [1.54, 1.807) is 4.90 Å². The molecule has 0 saturated carbocycles. The number of amides is 2. The predicted octanol–water partition coefficient (Wildman–Crippen LogP) is 4.64. The first-order valence-corrected chi connectivity index (χ1v) is 15.7. The van der Waals surface area contributed by atoms with Crippen molar-refractivity contribution in [3.05, 3.63) is 108 Å². The number of fused-ring (bicyclic) bond motifs is 1. The fraction of sp³-hybridized carbons (Fsp3) is 0.361. The van der Waals surface area contributed by atoms with Gasteiger partial charge in [-0.3, -0.25) is 14.4 Å². The summed E-state index contributed by atoms with van der Waals surface area (Å²) >= 11 is 0. The van der Waals surface area contributed by atoms with E-state index in [0.717, 1.165) is 54.5 Å². The number of para-hydroxylation sites is 1. The topological polar surface area (TPSA) is 94.7 Å². The number of benzene rings is 3. The average molecular weight is 593 g/mol. The number of hydrogen-bond acceptors (Lipinski definition) is 5. The van der Waals surface area contributed by atoms with Crippen molar-refractivity contribution in [1.29, 1.82) is 0 Å². The van der Waals surface area contributed by atoms with E-state index in [9.17, 15) is 14.4 Å². The first-order chi connectivity index (χ1) is 21.5. The highest BCUT2D eigenvalue weighted by atomic mass is 16.5. The maximum atomic E-state index is 14.1. The number of piperidine rings is 1. The maximum absolute atomic E-state index is 14.1. The minimum atomic E-state index is -0.941. The third-order valence-electron chi connectivity index (χ3n) is 9.17. The lowest BCUT2D eigenvalue weighted by molar-refractivity contribution is -0.163. The second-order valence-electron chi connectivity index (χ2n) is 11.9. The van der Waals surface area contributed by atoms with Gasteiger partial charge in [0.25, 0.3) is 0 Å². The number of aryl methyl sites for hydroxylation is 1. The van der Waals surface area contributed by atoms with E-state index in [4.69, 9.17) is 4.74 Å². The van der Waals surface area contributed by atoms with Crippen molar-refractivity contribution in [1.82, 2.24) is 20.1 Å². The lowest BCUT2D eigenvalue weighted by Crippen LogP contribution is -2.73. The molecular weight excluding hydrogens is 552 g/mol. The standard InChI is InChI=1S/C36H40N4O4/c41-33(44-26-28-12-5-2-6-13-28)24-32-34(42)40(21-17-29-25-37-31-16-8-7-15-30(29)31)36(35(43)38-32)18-22-39(23-19-36)20-9-14-27-10-3-1-4-11-27/h1-8,10-13,15-16,25,32,37H,9,14,17-24,26H2,(H,38,43). The lowest BCUT2D eigenvalue weighted by Gasteiger charge is -2.51. The number of carbonyl (C=O) groups is 3. The predicted molar refractivity (Wildman–Crippen MR) is 170 cm³/mol. The van der Waals surface area contributed by atoms with Crippen LogP contribution in [-0.4, -0.2) is 70.3 Å². The van der Waals surface area contributed by atoms with Gasteiger partial charge in [-0.15, -0.1) is 0 Å². The zero-order chi connectivity index (χ0) is 30.4. The molecule has 8 nitrogen and oxygen atoms in total. The average Bonchev–Trinajstić information content (AvgIpc) is 3.47. The van der Waals surface area contributed by atoms with Crippen LogP contribution in [-0.2, 0) is 38.6 Å². The number of likely N-dealkylation sites (tertiary alicyclic amines) is 1. The first kappa shape index (κ1) is 29.6. The molecule has 8 heteroatoms. The van der Waals surface area contributed by atoms with E-state index in [-0.39, 0.29) is 24.8 Å². The minimum absolute atomic E-state index is 0.128. The Kier molecular flexibility index (Phi) is 9.07. The first-order valence-electron chi connectivity index (χ1n) is 15.7. The molecule has 2 N–H and O–H groups in total. The number of aromatic amines is 1. The summed E-state index contributed by atoms with van der Waals surface area (Å²) in [4.78, 5) is 48.3. The number of ether oxygens (including phenoxy) is 1. The van der Waals surface area contributed by atoms with Crippen LogP contribution in [0.3, 0.4) is 0 Å². The van der Waals surface area contributed by atoms with Gasteiger partial charge in [0.05, 0.1) is 6.42 Å². The van der Waals surface area contributed by atoms with Crippen LogP contribution in [0.4, 0.5) is 0 Å². The van der Waals surface area contributed by atoms with Crippen LogP contribution in [0.5, 0.6) is 0 Å². The Bertz CT molecular complexity index is 1580. The zero-order valence-electron chi connectivity index (χ0n) is 25.0. The van der Waals surface area contributed by atoms with Gasteiger partial charge in [0.15, 0.2) is 0 Å². The highest BCUT2D eigenvalue weighted by Gasteiger charge is 2.53. The normalized spacial score (nSPS) is 18.5. The molecule has 1 unspecified atom stereocenters. The molecular formula is C36H40N4O4. The summed E-state index contributed by atoms with van der Waals surface area (Å²) in [6, 6.07) is 27.1. The highest BCUT2D eigenvalue weighted by molar-refractivity contribution is 6.01. The van der Waals surface area contributed by atoms with Crippen LogP contribution in [0, 0.1) is 0 Å². The van der Waals surface area contributed by atoms with E-state index >= 15 is 0 Å². The smallest absolute Gasteiger partial charge is 0.308 e. The van der Waals surface area contributed by atoms with Crippen molar-refractivity contribution in [2.45, 2.75) is 56.7 Å². The van der Waals surface area contributed by atoms with Crippen molar-refractivity contribution in [3.63, 3.8) is 0 Å². The third-order valence-corrected chi connectivity index (χ3v) is 9.17. The van der Waals surface area contributed by atoms with Gasteiger partial charge in [-0.2, -0.15) is 0 Å². The number of hydrogen-bond donors (Lipinski definition) is 2. The molecule has 2 aliphatic heterocycles. The summed E-state index contributed by atoms with van der Waals surface area (Å²) in [7, 11) is 0. The summed E-state index contributed by atoms with van der Waals surface area (Å²) in [5.74, 6) is -0.882. The van der Waals surface area contributed by atoms with Gasteiger partial charge < -0.3 is 24.8 Å². The summed E-state index contributed by atoms with van der Waals surface area (Å²) in [6.07, 6.45) is 5.59. The molecule has 0 radical (unpaired) electrons. The van der Waals surface area contributed by atoms with Gasteiger partial charge in [-0.1, -0.05) is 78.9 Å². The van der Waals surface area contributed by atoms with Gasteiger partial charge in [0, 0.05) is 36.7 Å². The van der Waals surface area contributed by atoms with Crippen molar-refractivity contribution in [2.24, 2.45) is 0 Å². The van der Waals surface area contributed by atoms with E-state index in [1.807, 2.05) is 60.8 Å². The second kappa shape index (κ2) is 13.5. The van der Waals surface area contributed by atoms with Gasteiger partial charge in [0.2, 0.25) is 11.8 Å². The summed E-state index contributed by atoms with van der Waals surface area (Å²) in [6.45, 7) is 2.96. The van der Waals surface area contributed by atoms with E-state index < -0.39 is 17.6 Å². The monoisotopic (exact) mass is 592 g/mol. The van der Waals surface area contributed by atoms with Crippen LogP contribution in [0.1, 0.15) is 42.4 Å². The van der Waals surface area contributed by atoms with E-state index in [0.29, 0.717) is 25.8 Å². The molecule has 2 aliphatic rings. The van der Waals surface area contributed by atoms with Gasteiger partial charge >= 0.3 is 5.97 Å². The molecule has 1 spiro atoms. The number of piperazine rings is 1. The number of rotatable bonds is 11. The van der Waals surface area contributed by atoms with Gasteiger partial charge in [-0.05, 0) is 61.4 Å². The van der Waals surface area contributed by atoms with Crippen LogP contribution in [0.25, 0.3) is 10.9 Å². The Labute approximate surface area is 258 Å². The molecule has 2 fully saturated rings. The summed E-state index contributed by atoms with van der Waals surface area (Å²) < 4.78 is 5.47. The van der Waals surface area contributed by atoms with Crippen LogP contribution < -0.4 is 5.32 Å².